The van der Waals surface area contributed by atoms with Crippen molar-refractivity contribution in [3.05, 3.63) is 83.4 Å². The van der Waals surface area contributed by atoms with Crippen molar-refractivity contribution < 1.29 is 12.8 Å². The van der Waals surface area contributed by atoms with E-state index in [0.717, 1.165) is 53.6 Å². The molecule has 1 aliphatic carbocycles. The number of H-pyrrole nitrogens is 1. The predicted octanol–water partition coefficient (Wildman–Crippen LogP) is 5.52. The molecule has 0 spiro atoms. The smallest absolute Gasteiger partial charge is 0.216 e. The van der Waals surface area contributed by atoms with E-state index in [1.807, 2.05) is 30.3 Å². The SMILES string of the molecule is N#Cc1ccc(CNc2ccc(F)c(-c3ccnc4[nH]c(C5CCN(S(=O)(=O)C6CC6)CC5)cc34)c2)cc1. The number of pyridine rings is 1. The highest BCUT2D eigenvalue weighted by Crippen LogP contribution is 2.38. The quantitative estimate of drug-likeness (QED) is 0.328. The molecule has 0 bridgehead atoms. The second-order valence-electron chi connectivity index (χ2n) is 10.1. The van der Waals surface area contributed by atoms with Gasteiger partial charge in [-0.1, -0.05) is 12.1 Å². The first-order chi connectivity index (χ1) is 18.4. The van der Waals surface area contributed by atoms with Crippen LogP contribution in [0.25, 0.3) is 22.2 Å². The maximum Gasteiger partial charge on any atom is 0.216 e. The first-order valence-electron chi connectivity index (χ1n) is 12.9. The lowest BCUT2D eigenvalue weighted by Crippen LogP contribution is -2.39. The molecule has 3 heterocycles. The lowest BCUT2D eigenvalue weighted by molar-refractivity contribution is 0.317. The number of aromatic amines is 1. The van der Waals surface area contributed by atoms with E-state index in [1.54, 1.807) is 28.7 Å². The first-order valence-corrected chi connectivity index (χ1v) is 14.4. The topological polar surface area (TPSA) is 102 Å². The zero-order chi connectivity index (χ0) is 26.3. The minimum absolute atomic E-state index is 0.178. The van der Waals surface area contributed by atoms with Gasteiger partial charge in [-0.25, -0.2) is 22.1 Å². The maximum atomic E-state index is 15.1. The molecule has 0 atom stereocenters. The molecule has 1 aliphatic heterocycles. The van der Waals surface area contributed by atoms with Gasteiger partial charge in [-0.15, -0.1) is 0 Å². The van der Waals surface area contributed by atoms with Gasteiger partial charge in [-0.05, 0) is 79.3 Å². The molecule has 1 saturated heterocycles. The molecular formula is C29H28FN5O2S. The average molecular weight is 530 g/mol. The fourth-order valence-electron chi connectivity index (χ4n) is 5.24. The molecule has 1 saturated carbocycles. The number of nitrogens with zero attached hydrogens (tertiary/aromatic N) is 3. The number of anilines is 1. The Labute approximate surface area is 221 Å². The Morgan fingerprint density at radius 1 is 1.03 bits per heavy atom. The minimum Gasteiger partial charge on any atom is -0.381 e. The summed E-state index contributed by atoms with van der Waals surface area (Å²) >= 11 is 0. The zero-order valence-corrected chi connectivity index (χ0v) is 21.6. The third-order valence-corrected chi connectivity index (χ3v) is 9.99. The molecule has 7 nitrogen and oxygen atoms in total. The fraction of sp³-hybridized carbons (Fsp3) is 0.310. The lowest BCUT2D eigenvalue weighted by Gasteiger charge is -2.30. The summed E-state index contributed by atoms with van der Waals surface area (Å²) in [4.78, 5) is 7.90. The number of piperidine rings is 1. The average Bonchev–Trinajstić information content (AvgIpc) is 3.72. The summed E-state index contributed by atoms with van der Waals surface area (Å²) in [5, 5.41) is 13.0. The monoisotopic (exact) mass is 529 g/mol. The van der Waals surface area contributed by atoms with Crippen LogP contribution in [-0.4, -0.2) is 41.0 Å². The highest BCUT2D eigenvalue weighted by molar-refractivity contribution is 7.90. The number of halogens is 1. The second kappa shape index (κ2) is 9.86. The Hall–Kier alpha value is -3.74. The van der Waals surface area contributed by atoms with E-state index in [9.17, 15) is 8.42 Å². The number of aromatic nitrogens is 2. The maximum absolute atomic E-state index is 15.1. The van der Waals surface area contributed by atoms with Crippen molar-refractivity contribution in [3.8, 4) is 17.2 Å². The molecule has 0 radical (unpaired) electrons. The van der Waals surface area contributed by atoms with E-state index in [-0.39, 0.29) is 17.0 Å². The minimum atomic E-state index is -3.15. The largest absolute Gasteiger partial charge is 0.381 e. The van der Waals surface area contributed by atoms with Crippen LogP contribution in [-0.2, 0) is 16.6 Å². The summed E-state index contributed by atoms with van der Waals surface area (Å²) in [5.74, 6) is -0.115. The Morgan fingerprint density at radius 3 is 2.50 bits per heavy atom. The van der Waals surface area contributed by atoms with E-state index < -0.39 is 10.0 Å². The number of rotatable bonds is 7. The van der Waals surface area contributed by atoms with Crippen LogP contribution >= 0.6 is 0 Å². The van der Waals surface area contributed by atoms with Crippen molar-refractivity contribution in [1.29, 1.82) is 5.26 Å². The van der Waals surface area contributed by atoms with Crippen molar-refractivity contribution in [1.82, 2.24) is 14.3 Å². The summed E-state index contributed by atoms with van der Waals surface area (Å²) in [6.07, 6.45) is 4.73. The van der Waals surface area contributed by atoms with Gasteiger partial charge >= 0.3 is 0 Å². The highest BCUT2D eigenvalue weighted by Gasteiger charge is 2.41. The van der Waals surface area contributed by atoms with E-state index in [0.29, 0.717) is 36.4 Å². The Kier molecular flexibility index (Phi) is 6.38. The van der Waals surface area contributed by atoms with Gasteiger partial charge in [0.2, 0.25) is 10.0 Å². The van der Waals surface area contributed by atoms with Crippen molar-refractivity contribution in [2.24, 2.45) is 0 Å². The molecule has 2 aliphatic rings. The molecule has 38 heavy (non-hydrogen) atoms. The molecular weight excluding hydrogens is 501 g/mol. The van der Waals surface area contributed by atoms with Crippen molar-refractivity contribution >= 4 is 26.7 Å². The molecule has 2 fully saturated rings. The van der Waals surface area contributed by atoms with Crippen LogP contribution < -0.4 is 5.32 Å². The third kappa shape index (κ3) is 4.77. The van der Waals surface area contributed by atoms with Gasteiger partial charge in [0.15, 0.2) is 0 Å². The number of benzene rings is 2. The number of nitrogens with one attached hydrogen (secondary N) is 2. The molecule has 2 aromatic carbocycles. The van der Waals surface area contributed by atoms with E-state index in [4.69, 9.17) is 5.26 Å². The summed E-state index contributed by atoms with van der Waals surface area (Å²) in [5.41, 5.74) is 5.37. The van der Waals surface area contributed by atoms with Crippen molar-refractivity contribution in [3.63, 3.8) is 0 Å². The van der Waals surface area contributed by atoms with Crippen LogP contribution in [0.1, 0.15) is 48.4 Å². The number of hydrogen-bond acceptors (Lipinski definition) is 5. The summed E-state index contributed by atoms with van der Waals surface area (Å²) in [6, 6.07) is 18.3. The van der Waals surface area contributed by atoms with Gasteiger partial charge in [-0.3, -0.25) is 0 Å². The van der Waals surface area contributed by atoms with Crippen LogP contribution in [0.5, 0.6) is 0 Å². The first kappa shape index (κ1) is 24.6. The number of nitriles is 1. The predicted molar refractivity (Wildman–Crippen MR) is 145 cm³/mol. The molecule has 6 rings (SSSR count). The zero-order valence-electron chi connectivity index (χ0n) is 20.8. The van der Waals surface area contributed by atoms with Gasteiger partial charge in [0.1, 0.15) is 11.5 Å². The summed E-state index contributed by atoms with van der Waals surface area (Å²) in [6.45, 7) is 1.60. The van der Waals surface area contributed by atoms with Crippen LogP contribution in [0.3, 0.4) is 0 Å². The van der Waals surface area contributed by atoms with Crippen LogP contribution in [0, 0.1) is 17.1 Å². The molecule has 0 unspecified atom stereocenters. The standard InChI is InChI=1S/C29H28FN5O2S/c30-27-8-5-22(33-18-20-3-1-19(17-31)2-4-20)15-25(27)24-9-12-32-29-26(24)16-28(34-29)21-10-13-35(14-11-21)38(36,37)23-6-7-23/h1-5,8-9,12,15-16,21,23,33H,6-7,10-11,13-14,18H2,(H,32,34). The number of fused-ring (bicyclic) bond motifs is 1. The lowest BCUT2D eigenvalue weighted by atomic mass is 9.94. The third-order valence-electron chi connectivity index (χ3n) is 7.59. The van der Waals surface area contributed by atoms with Gasteiger partial charge in [-0.2, -0.15) is 5.26 Å². The molecule has 194 valence electrons. The number of hydrogen-bond donors (Lipinski definition) is 2. The second-order valence-corrected chi connectivity index (χ2v) is 12.3. The Morgan fingerprint density at radius 2 is 1.79 bits per heavy atom. The summed E-state index contributed by atoms with van der Waals surface area (Å²) in [7, 11) is -3.15. The molecule has 2 N–H and O–H groups in total. The summed E-state index contributed by atoms with van der Waals surface area (Å²) < 4.78 is 41.9. The number of sulfonamides is 1. The molecule has 0 amide bonds. The fourth-order valence-corrected chi connectivity index (χ4v) is 7.12. The van der Waals surface area contributed by atoms with E-state index in [1.165, 1.54) is 6.07 Å². The van der Waals surface area contributed by atoms with Gasteiger partial charge in [0, 0.05) is 54.1 Å². The molecule has 9 heteroatoms. The van der Waals surface area contributed by atoms with E-state index >= 15 is 4.39 Å². The Bertz CT molecular complexity index is 1630. The highest BCUT2D eigenvalue weighted by atomic mass is 32.2. The molecule has 2 aromatic heterocycles. The van der Waals surface area contributed by atoms with Gasteiger partial charge in [0.25, 0.3) is 0 Å². The van der Waals surface area contributed by atoms with Crippen molar-refractivity contribution in [2.75, 3.05) is 18.4 Å². The van der Waals surface area contributed by atoms with Crippen molar-refractivity contribution in [2.45, 2.75) is 43.4 Å². The van der Waals surface area contributed by atoms with Gasteiger partial charge < -0.3 is 10.3 Å². The van der Waals surface area contributed by atoms with Crippen LogP contribution in [0.15, 0.2) is 60.8 Å². The van der Waals surface area contributed by atoms with Crippen LogP contribution in [0.4, 0.5) is 10.1 Å². The van der Waals surface area contributed by atoms with E-state index in [2.05, 4.69) is 21.4 Å². The molecule has 4 aromatic rings. The van der Waals surface area contributed by atoms with Crippen LogP contribution in [0.2, 0.25) is 0 Å². The van der Waals surface area contributed by atoms with Gasteiger partial charge in [0.05, 0.1) is 16.9 Å². The Balaban J connectivity index is 1.22. The normalized spacial score (nSPS) is 16.9.